The highest BCUT2D eigenvalue weighted by molar-refractivity contribution is 7.21. The zero-order valence-corrected chi connectivity index (χ0v) is 13.8. The number of nitrogens with one attached hydrogen (secondary N) is 1. The van der Waals surface area contributed by atoms with Gasteiger partial charge in [-0.25, -0.2) is 15.0 Å². The van der Waals surface area contributed by atoms with Crippen molar-refractivity contribution in [2.75, 3.05) is 11.9 Å². The van der Waals surface area contributed by atoms with Gasteiger partial charge in [-0.3, -0.25) is 4.68 Å². The van der Waals surface area contributed by atoms with Crippen LogP contribution in [0.2, 0.25) is 0 Å². The molecule has 0 radical (unpaired) electrons. The van der Waals surface area contributed by atoms with Crippen LogP contribution in [-0.4, -0.2) is 31.3 Å². The van der Waals surface area contributed by atoms with Gasteiger partial charge in [0.25, 0.3) is 0 Å². The van der Waals surface area contributed by atoms with Crippen LogP contribution < -0.4 is 5.32 Å². The van der Waals surface area contributed by atoms with Gasteiger partial charge < -0.3 is 5.32 Å². The Kier molecular flexibility index (Phi) is 4.16. The Labute approximate surface area is 143 Å². The van der Waals surface area contributed by atoms with Gasteiger partial charge in [0, 0.05) is 43.4 Å². The zero-order chi connectivity index (χ0) is 16.2. The largest absolute Gasteiger partial charge is 0.354 e. The van der Waals surface area contributed by atoms with E-state index in [-0.39, 0.29) is 0 Å². The van der Waals surface area contributed by atoms with Crippen LogP contribution in [0.15, 0.2) is 55.1 Å². The second-order valence-corrected chi connectivity index (χ2v) is 6.36. The average Bonchev–Trinajstić information content (AvgIpc) is 3.28. The molecular formula is C17H16N6S. The number of para-hydroxylation sites is 1. The van der Waals surface area contributed by atoms with Crippen molar-refractivity contribution in [2.24, 2.45) is 0 Å². The summed E-state index contributed by atoms with van der Waals surface area (Å²) in [5, 5.41) is 8.35. The highest BCUT2D eigenvalue weighted by Crippen LogP contribution is 2.29. The number of aryl methyl sites for hydroxylation is 1. The van der Waals surface area contributed by atoms with Crippen molar-refractivity contribution in [3.8, 4) is 10.6 Å². The molecule has 4 aromatic rings. The van der Waals surface area contributed by atoms with Crippen LogP contribution in [0.25, 0.3) is 20.8 Å². The molecule has 6 nitrogen and oxygen atoms in total. The maximum Gasteiger partial charge on any atom is 0.222 e. The van der Waals surface area contributed by atoms with Crippen LogP contribution in [0, 0.1) is 0 Å². The third-order valence-corrected chi connectivity index (χ3v) is 4.68. The third kappa shape index (κ3) is 3.26. The Hall–Kier alpha value is -2.80. The first kappa shape index (κ1) is 14.8. The van der Waals surface area contributed by atoms with Gasteiger partial charge >= 0.3 is 0 Å². The van der Waals surface area contributed by atoms with E-state index in [1.807, 2.05) is 47.5 Å². The van der Waals surface area contributed by atoms with E-state index in [0.717, 1.165) is 35.6 Å². The fourth-order valence-electron chi connectivity index (χ4n) is 2.40. The van der Waals surface area contributed by atoms with Crippen molar-refractivity contribution in [1.82, 2.24) is 24.7 Å². The van der Waals surface area contributed by atoms with Gasteiger partial charge in [0.1, 0.15) is 5.01 Å². The molecule has 4 rings (SSSR count). The molecule has 120 valence electrons. The molecule has 1 N–H and O–H groups in total. The minimum Gasteiger partial charge on any atom is -0.354 e. The van der Waals surface area contributed by atoms with Crippen LogP contribution in [-0.2, 0) is 6.54 Å². The maximum atomic E-state index is 4.62. The van der Waals surface area contributed by atoms with Gasteiger partial charge in [0.05, 0.1) is 10.2 Å². The second kappa shape index (κ2) is 6.76. The Morgan fingerprint density at radius 2 is 1.96 bits per heavy atom. The molecule has 0 saturated carbocycles. The number of nitrogens with zero attached hydrogens (tertiary/aromatic N) is 5. The molecule has 7 heteroatoms. The van der Waals surface area contributed by atoms with Gasteiger partial charge in [-0.2, -0.15) is 5.10 Å². The molecule has 3 aromatic heterocycles. The molecule has 3 heterocycles. The molecule has 0 bridgehead atoms. The molecule has 0 unspecified atom stereocenters. The standard InChI is InChI=1S/C17H16N6S/c1-2-6-15-14(5-1)22-16(24-15)13-11-19-17(20-12-13)18-7-3-9-23-10-4-8-21-23/h1-2,4-6,8,10-12H,3,7,9H2,(H,18,19,20). The molecule has 0 aliphatic carbocycles. The Morgan fingerprint density at radius 3 is 2.75 bits per heavy atom. The third-order valence-electron chi connectivity index (χ3n) is 3.60. The number of hydrogen-bond acceptors (Lipinski definition) is 6. The van der Waals surface area contributed by atoms with Crippen molar-refractivity contribution in [1.29, 1.82) is 0 Å². The highest BCUT2D eigenvalue weighted by Gasteiger charge is 2.07. The van der Waals surface area contributed by atoms with Crippen LogP contribution in [0.1, 0.15) is 6.42 Å². The molecule has 0 atom stereocenters. The lowest BCUT2D eigenvalue weighted by atomic mass is 10.3. The molecule has 1 aromatic carbocycles. The maximum absolute atomic E-state index is 4.62. The number of aromatic nitrogens is 5. The van der Waals surface area contributed by atoms with E-state index in [9.17, 15) is 0 Å². The summed E-state index contributed by atoms with van der Waals surface area (Å²) in [7, 11) is 0. The summed E-state index contributed by atoms with van der Waals surface area (Å²) < 4.78 is 3.09. The minimum atomic E-state index is 0.639. The Balaban J connectivity index is 1.37. The number of fused-ring (bicyclic) bond motifs is 1. The molecule has 0 spiro atoms. The van der Waals surface area contributed by atoms with Crippen LogP contribution in [0.5, 0.6) is 0 Å². The number of hydrogen-bond donors (Lipinski definition) is 1. The molecule has 0 saturated heterocycles. The SMILES string of the molecule is c1ccc2sc(-c3cnc(NCCCn4cccn4)nc3)nc2c1. The molecular weight excluding hydrogens is 320 g/mol. The fourth-order valence-corrected chi connectivity index (χ4v) is 3.34. The normalized spacial score (nSPS) is 11.0. The van der Waals surface area contributed by atoms with E-state index in [4.69, 9.17) is 0 Å². The lowest BCUT2D eigenvalue weighted by molar-refractivity contribution is 0.591. The van der Waals surface area contributed by atoms with Crippen LogP contribution in [0.4, 0.5) is 5.95 Å². The monoisotopic (exact) mass is 336 g/mol. The van der Waals surface area contributed by atoms with Crippen molar-refractivity contribution in [2.45, 2.75) is 13.0 Å². The van der Waals surface area contributed by atoms with E-state index in [2.05, 4.69) is 31.4 Å². The van der Waals surface area contributed by atoms with Gasteiger partial charge in [0.15, 0.2) is 0 Å². The highest BCUT2D eigenvalue weighted by atomic mass is 32.1. The predicted octanol–water partition coefficient (Wildman–Crippen LogP) is 3.45. The Morgan fingerprint density at radius 1 is 1.08 bits per heavy atom. The van der Waals surface area contributed by atoms with Crippen molar-refractivity contribution < 1.29 is 0 Å². The molecule has 24 heavy (non-hydrogen) atoms. The summed E-state index contributed by atoms with van der Waals surface area (Å²) in [5.74, 6) is 0.639. The number of rotatable bonds is 6. The van der Waals surface area contributed by atoms with Gasteiger partial charge in [-0.05, 0) is 24.6 Å². The average molecular weight is 336 g/mol. The zero-order valence-electron chi connectivity index (χ0n) is 13.0. The van der Waals surface area contributed by atoms with E-state index < -0.39 is 0 Å². The summed E-state index contributed by atoms with van der Waals surface area (Å²) in [4.78, 5) is 13.4. The molecule has 0 fully saturated rings. The summed E-state index contributed by atoms with van der Waals surface area (Å²) in [6.45, 7) is 1.68. The van der Waals surface area contributed by atoms with Crippen molar-refractivity contribution >= 4 is 27.5 Å². The summed E-state index contributed by atoms with van der Waals surface area (Å²) >= 11 is 1.65. The van der Waals surface area contributed by atoms with E-state index in [1.165, 1.54) is 4.70 Å². The molecule has 0 aliphatic heterocycles. The Bertz CT molecular complexity index is 881. The van der Waals surface area contributed by atoms with Gasteiger partial charge in [0.2, 0.25) is 5.95 Å². The van der Waals surface area contributed by atoms with Crippen molar-refractivity contribution in [3.05, 3.63) is 55.1 Å². The van der Waals surface area contributed by atoms with Gasteiger partial charge in [-0.15, -0.1) is 11.3 Å². The molecule has 0 amide bonds. The van der Waals surface area contributed by atoms with Crippen molar-refractivity contribution in [3.63, 3.8) is 0 Å². The van der Waals surface area contributed by atoms with E-state index in [0.29, 0.717) is 5.95 Å². The lowest BCUT2D eigenvalue weighted by Gasteiger charge is -2.05. The quantitative estimate of drug-likeness (QED) is 0.546. The smallest absolute Gasteiger partial charge is 0.222 e. The first-order chi connectivity index (χ1) is 11.9. The van der Waals surface area contributed by atoms with E-state index in [1.54, 1.807) is 17.5 Å². The summed E-state index contributed by atoms with van der Waals surface area (Å²) in [6.07, 6.45) is 8.35. The topological polar surface area (TPSA) is 68.5 Å². The predicted molar refractivity (Wildman–Crippen MR) is 96.0 cm³/mol. The number of anilines is 1. The first-order valence-electron chi connectivity index (χ1n) is 7.78. The van der Waals surface area contributed by atoms with Gasteiger partial charge in [-0.1, -0.05) is 12.1 Å². The lowest BCUT2D eigenvalue weighted by Crippen LogP contribution is -2.09. The summed E-state index contributed by atoms with van der Waals surface area (Å²) in [6, 6.07) is 10.0. The number of benzene rings is 1. The van der Waals surface area contributed by atoms with Crippen LogP contribution in [0.3, 0.4) is 0 Å². The fraction of sp³-hybridized carbons (Fsp3) is 0.176. The van der Waals surface area contributed by atoms with E-state index >= 15 is 0 Å². The first-order valence-corrected chi connectivity index (χ1v) is 8.59. The summed E-state index contributed by atoms with van der Waals surface area (Å²) in [5.41, 5.74) is 1.96. The number of thiazole rings is 1. The second-order valence-electron chi connectivity index (χ2n) is 5.33. The molecule has 0 aliphatic rings. The minimum absolute atomic E-state index is 0.639. The van der Waals surface area contributed by atoms with Crippen LogP contribution >= 0.6 is 11.3 Å².